The number of benzene rings is 1. The lowest BCUT2D eigenvalue weighted by Gasteiger charge is -2.02. The molecule has 2 aromatic heterocycles. The Labute approximate surface area is 118 Å². The number of thiophene rings is 1. The zero-order chi connectivity index (χ0) is 13.4. The molecule has 0 aliphatic rings. The van der Waals surface area contributed by atoms with Crippen molar-refractivity contribution in [2.45, 2.75) is 6.54 Å². The molecule has 3 aromatic rings. The van der Waals surface area contributed by atoms with E-state index in [1.807, 2.05) is 41.0 Å². The average molecular weight is 292 g/mol. The minimum absolute atomic E-state index is 0.332. The lowest BCUT2D eigenvalue weighted by Crippen LogP contribution is -1.97. The Balaban J connectivity index is 2.11. The number of carboxylic acids is 1. The summed E-state index contributed by atoms with van der Waals surface area (Å²) >= 11 is 7.42. The number of fused-ring (bicyclic) bond motifs is 1. The number of nitrogens with zero attached hydrogens (tertiary/aromatic N) is 1. The van der Waals surface area contributed by atoms with Gasteiger partial charge in [-0.25, -0.2) is 4.79 Å². The molecule has 0 radical (unpaired) electrons. The lowest BCUT2D eigenvalue weighted by atomic mass is 10.2. The Bertz CT molecular complexity index is 760. The number of hydrogen-bond donors (Lipinski definition) is 1. The molecule has 0 aliphatic carbocycles. The number of aromatic nitrogens is 1. The first-order chi connectivity index (χ1) is 9.15. The summed E-state index contributed by atoms with van der Waals surface area (Å²) in [6, 6.07) is 11.3. The molecule has 19 heavy (non-hydrogen) atoms. The van der Waals surface area contributed by atoms with Crippen molar-refractivity contribution in [2.24, 2.45) is 0 Å². The number of carboxylic acid groups (broad SMARTS) is 1. The SMILES string of the molecule is O=C(O)c1cn(Cc2ccc(Cl)s2)c2ccccc12. The van der Waals surface area contributed by atoms with Crippen LogP contribution in [0.15, 0.2) is 42.6 Å². The third-order valence-electron chi connectivity index (χ3n) is 2.97. The third-order valence-corrected chi connectivity index (χ3v) is 4.19. The molecule has 0 saturated heterocycles. The Morgan fingerprint density at radius 2 is 2.05 bits per heavy atom. The number of carbonyl (C=O) groups is 1. The van der Waals surface area contributed by atoms with Crippen molar-refractivity contribution in [3.05, 3.63) is 57.4 Å². The molecule has 1 N–H and O–H groups in total. The van der Waals surface area contributed by atoms with E-state index in [0.29, 0.717) is 12.1 Å². The monoisotopic (exact) mass is 291 g/mol. The standard InChI is InChI=1S/C14H10ClNO2S/c15-13-6-5-9(19-13)7-16-8-11(14(17)18)10-3-1-2-4-12(10)16/h1-6,8H,7H2,(H,17,18). The van der Waals surface area contributed by atoms with Crippen molar-refractivity contribution in [3.8, 4) is 0 Å². The van der Waals surface area contributed by atoms with Gasteiger partial charge in [0.15, 0.2) is 0 Å². The fourth-order valence-electron chi connectivity index (χ4n) is 2.15. The van der Waals surface area contributed by atoms with Gasteiger partial charge in [0, 0.05) is 22.0 Å². The highest BCUT2D eigenvalue weighted by molar-refractivity contribution is 7.16. The van der Waals surface area contributed by atoms with E-state index in [-0.39, 0.29) is 0 Å². The van der Waals surface area contributed by atoms with Gasteiger partial charge in [-0.1, -0.05) is 29.8 Å². The van der Waals surface area contributed by atoms with Crippen molar-refractivity contribution < 1.29 is 9.90 Å². The fourth-order valence-corrected chi connectivity index (χ4v) is 3.24. The summed E-state index contributed by atoms with van der Waals surface area (Å²) < 4.78 is 2.69. The molecule has 0 bridgehead atoms. The molecule has 5 heteroatoms. The molecule has 0 unspecified atom stereocenters. The van der Waals surface area contributed by atoms with Gasteiger partial charge in [0.2, 0.25) is 0 Å². The van der Waals surface area contributed by atoms with E-state index in [1.165, 1.54) is 11.3 Å². The molecular formula is C14H10ClNO2S. The smallest absolute Gasteiger partial charge is 0.337 e. The van der Waals surface area contributed by atoms with Crippen LogP contribution in [0.2, 0.25) is 4.34 Å². The van der Waals surface area contributed by atoms with Crippen LogP contribution in [0.4, 0.5) is 0 Å². The number of hydrogen-bond acceptors (Lipinski definition) is 2. The van der Waals surface area contributed by atoms with Crippen LogP contribution in [0.3, 0.4) is 0 Å². The number of halogens is 1. The second kappa shape index (κ2) is 4.72. The summed E-state index contributed by atoms with van der Waals surface area (Å²) in [6.45, 7) is 0.630. The van der Waals surface area contributed by atoms with Gasteiger partial charge in [-0.2, -0.15) is 0 Å². The summed E-state index contributed by atoms with van der Waals surface area (Å²) in [5, 5.41) is 10.00. The summed E-state index contributed by atoms with van der Waals surface area (Å²) in [7, 11) is 0. The van der Waals surface area contributed by atoms with Gasteiger partial charge in [0.05, 0.1) is 16.4 Å². The molecule has 1 aromatic carbocycles. The first kappa shape index (κ1) is 12.3. The summed E-state index contributed by atoms with van der Waals surface area (Å²) in [5.41, 5.74) is 1.25. The molecule has 3 rings (SSSR count). The predicted octanol–water partition coefficient (Wildman–Crippen LogP) is 4.10. The Hall–Kier alpha value is -1.78. The van der Waals surface area contributed by atoms with Crippen LogP contribution in [0.25, 0.3) is 10.9 Å². The van der Waals surface area contributed by atoms with Crippen LogP contribution in [0.1, 0.15) is 15.2 Å². The second-order valence-electron chi connectivity index (χ2n) is 4.20. The summed E-state index contributed by atoms with van der Waals surface area (Å²) in [5.74, 6) is -0.904. The van der Waals surface area contributed by atoms with E-state index >= 15 is 0 Å². The average Bonchev–Trinajstić information content (AvgIpc) is 2.95. The molecule has 0 fully saturated rings. The minimum Gasteiger partial charge on any atom is -0.478 e. The second-order valence-corrected chi connectivity index (χ2v) is 6.00. The molecule has 0 spiro atoms. The number of para-hydroxylation sites is 1. The topological polar surface area (TPSA) is 42.2 Å². The van der Waals surface area contributed by atoms with E-state index in [2.05, 4.69) is 0 Å². The molecule has 0 saturated carbocycles. The van der Waals surface area contributed by atoms with Crippen LogP contribution in [0, 0.1) is 0 Å². The molecule has 0 amide bonds. The third kappa shape index (κ3) is 2.25. The van der Waals surface area contributed by atoms with Crippen molar-refractivity contribution in [1.29, 1.82) is 0 Å². The van der Waals surface area contributed by atoms with Gasteiger partial charge in [0.1, 0.15) is 0 Å². The first-order valence-electron chi connectivity index (χ1n) is 5.70. The Morgan fingerprint density at radius 1 is 1.26 bits per heavy atom. The fraction of sp³-hybridized carbons (Fsp3) is 0.0714. The number of rotatable bonds is 3. The molecule has 2 heterocycles. The van der Waals surface area contributed by atoms with Crippen molar-refractivity contribution in [1.82, 2.24) is 4.57 Å². The van der Waals surface area contributed by atoms with E-state index in [9.17, 15) is 9.90 Å². The lowest BCUT2D eigenvalue weighted by molar-refractivity contribution is 0.0699. The highest BCUT2D eigenvalue weighted by Crippen LogP contribution is 2.26. The van der Waals surface area contributed by atoms with Crippen LogP contribution in [-0.4, -0.2) is 15.6 Å². The number of aromatic carboxylic acids is 1. The largest absolute Gasteiger partial charge is 0.478 e. The summed E-state index contributed by atoms with van der Waals surface area (Å²) in [4.78, 5) is 12.4. The van der Waals surface area contributed by atoms with E-state index in [1.54, 1.807) is 6.20 Å². The zero-order valence-electron chi connectivity index (χ0n) is 9.84. The zero-order valence-corrected chi connectivity index (χ0v) is 11.4. The van der Waals surface area contributed by atoms with Crippen LogP contribution in [-0.2, 0) is 6.54 Å². The van der Waals surface area contributed by atoms with Gasteiger partial charge < -0.3 is 9.67 Å². The van der Waals surface area contributed by atoms with Gasteiger partial charge in [-0.05, 0) is 18.2 Å². The molecule has 0 atom stereocenters. The Morgan fingerprint density at radius 3 is 2.74 bits per heavy atom. The summed E-state index contributed by atoms with van der Waals surface area (Å²) in [6.07, 6.45) is 1.68. The maximum absolute atomic E-state index is 11.3. The Kier molecular flexibility index (Phi) is 3.05. The maximum atomic E-state index is 11.3. The van der Waals surface area contributed by atoms with Crippen molar-refractivity contribution >= 4 is 39.8 Å². The van der Waals surface area contributed by atoms with Crippen molar-refractivity contribution in [3.63, 3.8) is 0 Å². The van der Waals surface area contributed by atoms with Gasteiger partial charge >= 0.3 is 5.97 Å². The van der Waals surface area contributed by atoms with Crippen LogP contribution >= 0.6 is 22.9 Å². The highest BCUT2D eigenvalue weighted by Gasteiger charge is 2.14. The van der Waals surface area contributed by atoms with Gasteiger partial charge in [-0.3, -0.25) is 0 Å². The van der Waals surface area contributed by atoms with Crippen LogP contribution < -0.4 is 0 Å². The molecule has 96 valence electrons. The van der Waals surface area contributed by atoms with Gasteiger partial charge in [0.25, 0.3) is 0 Å². The van der Waals surface area contributed by atoms with E-state index in [0.717, 1.165) is 20.1 Å². The molecule has 3 nitrogen and oxygen atoms in total. The first-order valence-corrected chi connectivity index (χ1v) is 6.90. The van der Waals surface area contributed by atoms with Gasteiger partial charge in [-0.15, -0.1) is 11.3 Å². The minimum atomic E-state index is -0.904. The normalized spacial score (nSPS) is 11.0. The maximum Gasteiger partial charge on any atom is 0.337 e. The molecular weight excluding hydrogens is 282 g/mol. The van der Waals surface area contributed by atoms with Crippen LogP contribution in [0.5, 0.6) is 0 Å². The predicted molar refractivity (Wildman–Crippen MR) is 77.3 cm³/mol. The quantitative estimate of drug-likeness (QED) is 0.789. The van der Waals surface area contributed by atoms with E-state index < -0.39 is 5.97 Å². The van der Waals surface area contributed by atoms with E-state index in [4.69, 9.17) is 11.6 Å². The van der Waals surface area contributed by atoms with Crippen molar-refractivity contribution in [2.75, 3.05) is 0 Å². The highest BCUT2D eigenvalue weighted by atomic mass is 35.5. The molecule has 0 aliphatic heterocycles.